The quantitative estimate of drug-likeness (QED) is 0.397. The molecule has 3 unspecified atom stereocenters. The van der Waals surface area contributed by atoms with Gasteiger partial charge in [0.25, 0.3) is 0 Å². The third kappa shape index (κ3) is 2.45. The lowest BCUT2D eigenvalue weighted by Gasteiger charge is -2.43. The lowest BCUT2D eigenvalue weighted by Crippen LogP contribution is -2.58. The molecule has 84 valence electrons. The number of nitrogens with one attached hydrogen (secondary N) is 2. The van der Waals surface area contributed by atoms with Gasteiger partial charge in [-0.2, -0.15) is 0 Å². The molecule has 1 rings (SSSR count). The van der Waals surface area contributed by atoms with Gasteiger partial charge in [0.2, 0.25) is 0 Å². The molecule has 0 bridgehead atoms. The summed E-state index contributed by atoms with van der Waals surface area (Å²) in [5.74, 6) is 11.9. The van der Waals surface area contributed by atoms with Gasteiger partial charge < -0.3 is 0 Å². The molecule has 6 N–H and O–H groups in total. The molecule has 1 aliphatic rings. The van der Waals surface area contributed by atoms with Crippen LogP contribution in [0.4, 0.5) is 0 Å². The molecule has 0 heterocycles. The van der Waals surface area contributed by atoms with Crippen molar-refractivity contribution >= 4 is 0 Å². The largest absolute Gasteiger partial charge is 0.271 e. The fraction of sp³-hybridized carbons (Fsp3) is 1.00. The average Bonchev–Trinajstić information content (AvgIpc) is 2.22. The van der Waals surface area contributed by atoms with E-state index in [-0.39, 0.29) is 5.54 Å². The summed E-state index contributed by atoms with van der Waals surface area (Å²) in [5.41, 5.74) is 6.02. The number of nitrogens with two attached hydrogens (primary N) is 2. The third-order valence-electron chi connectivity index (χ3n) is 3.62. The van der Waals surface area contributed by atoms with Crippen molar-refractivity contribution in [2.45, 2.75) is 57.5 Å². The molecule has 4 nitrogen and oxygen atoms in total. The van der Waals surface area contributed by atoms with E-state index in [0.717, 1.165) is 25.7 Å². The van der Waals surface area contributed by atoms with Crippen molar-refractivity contribution in [3.8, 4) is 0 Å². The predicted octanol–water partition coefficient (Wildman–Crippen LogP) is 0.641. The van der Waals surface area contributed by atoms with Gasteiger partial charge in [-0.05, 0) is 31.6 Å². The number of hydrogen-bond acceptors (Lipinski definition) is 4. The zero-order valence-corrected chi connectivity index (χ0v) is 9.34. The average molecular weight is 200 g/mol. The van der Waals surface area contributed by atoms with E-state index in [0.29, 0.717) is 12.0 Å². The SMILES string of the molecule is CCCC1(NN)CCC(C)C(NN)C1. The van der Waals surface area contributed by atoms with Crippen molar-refractivity contribution in [1.82, 2.24) is 10.9 Å². The Hall–Kier alpha value is -0.160. The van der Waals surface area contributed by atoms with E-state index in [1.165, 1.54) is 6.42 Å². The van der Waals surface area contributed by atoms with E-state index in [1.807, 2.05) is 0 Å². The highest BCUT2D eigenvalue weighted by Gasteiger charge is 2.37. The highest BCUT2D eigenvalue weighted by atomic mass is 15.3. The first-order valence-electron chi connectivity index (χ1n) is 5.61. The van der Waals surface area contributed by atoms with Gasteiger partial charge in [-0.1, -0.05) is 20.3 Å². The van der Waals surface area contributed by atoms with E-state index < -0.39 is 0 Å². The lowest BCUT2D eigenvalue weighted by atomic mass is 9.72. The van der Waals surface area contributed by atoms with Crippen molar-refractivity contribution in [2.75, 3.05) is 0 Å². The Labute approximate surface area is 86.7 Å². The van der Waals surface area contributed by atoms with Crippen molar-refractivity contribution in [3.05, 3.63) is 0 Å². The Balaban J connectivity index is 2.61. The van der Waals surface area contributed by atoms with Crippen LogP contribution in [0.15, 0.2) is 0 Å². The minimum Gasteiger partial charge on any atom is -0.271 e. The van der Waals surface area contributed by atoms with E-state index >= 15 is 0 Å². The van der Waals surface area contributed by atoms with Gasteiger partial charge in [0.15, 0.2) is 0 Å². The van der Waals surface area contributed by atoms with Crippen LogP contribution in [-0.4, -0.2) is 11.6 Å². The zero-order chi connectivity index (χ0) is 10.6. The van der Waals surface area contributed by atoms with Crippen molar-refractivity contribution in [2.24, 2.45) is 17.6 Å². The topological polar surface area (TPSA) is 76.1 Å². The molecular formula is C10H24N4. The van der Waals surface area contributed by atoms with Crippen LogP contribution in [0.5, 0.6) is 0 Å². The fourth-order valence-corrected chi connectivity index (χ4v) is 2.56. The van der Waals surface area contributed by atoms with Gasteiger partial charge in [0.1, 0.15) is 0 Å². The summed E-state index contributed by atoms with van der Waals surface area (Å²) in [6, 6.07) is 0.395. The third-order valence-corrected chi connectivity index (χ3v) is 3.62. The summed E-state index contributed by atoms with van der Waals surface area (Å²) in [6.45, 7) is 4.44. The Morgan fingerprint density at radius 2 is 2.14 bits per heavy atom. The molecular weight excluding hydrogens is 176 g/mol. The number of rotatable bonds is 4. The summed E-state index contributed by atoms with van der Waals surface area (Å²) >= 11 is 0. The molecule has 1 aliphatic carbocycles. The molecule has 0 spiro atoms. The normalized spacial score (nSPS) is 38.6. The van der Waals surface area contributed by atoms with E-state index in [4.69, 9.17) is 11.7 Å². The first-order valence-corrected chi connectivity index (χ1v) is 5.61. The second kappa shape index (κ2) is 5.07. The van der Waals surface area contributed by atoms with Crippen molar-refractivity contribution < 1.29 is 0 Å². The van der Waals surface area contributed by atoms with Gasteiger partial charge >= 0.3 is 0 Å². The highest BCUT2D eigenvalue weighted by molar-refractivity contribution is 4.96. The highest BCUT2D eigenvalue weighted by Crippen LogP contribution is 2.34. The Morgan fingerprint density at radius 3 is 2.64 bits per heavy atom. The minimum absolute atomic E-state index is 0.109. The van der Waals surface area contributed by atoms with Gasteiger partial charge in [-0.3, -0.25) is 22.5 Å². The fourth-order valence-electron chi connectivity index (χ4n) is 2.56. The van der Waals surface area contributed by atoms with E-state index in [1.54, 1.807) is 0 Å². The predicted molar refractivity (Wildman–Crippen MR) is 59.1 cm³/mol. The van der Waals surface area contributed by atoms with Gasteiger partial charge in [-0.25, -0.2) is 0 Å². The van der Waals surface area contributed by atoms with Crippen LogP contribution in [0.3, 0.4) is 0 Å². The first-order chi connectivity index (χ1) is 6.67. The maximum atomic E-state index is 5.67. The second-order valence-corrected chi connectivity index (χ2v) is 4.67. The van der Waals surface area contributed by atoms with Crippen LogP contribution in [0.1, 0.15) is 46.0 Å². The Bertz CT molecular complexity index is 174. The van der Waals surface area contributed by atoms with Crippen LogP contribution < -0.4 is 22.5 Å². The molecule has 0 aromatic carbocycles. The Kier molecular flexibility index (Phi) is 4.31. The number of hydrazine groups is 2. The molecule has 14 heavy (non-hydrogen) atoms. The molecule has 0 aromatic rings. The molecule has 0 amide bonds. The maximum absolute atomic E-state index is 5.67. The maximum Gasteiger partial charge on any atom is 0.0336 e. The van der Waals surface area contributed by atoms with Gasteiger partial charge in [-0.15, -0.1) is 0 Å². The zero-order valence-electron chi connectivity index (χ0n) is 9.34. The number of hydrogen-bond donors (Lipinski definition) is 4. The summed E-state index contributed by atoms with van der Waals surface area (Å²) in [4.78, 5) is 0. The van der Waals surface area contributed by atoms with Crippen LogP contribution in [0.25, 0.3) is 0 Å². The van der Waals surface area contributed by atoms with Crippen molar-refractivity contribution in [3.63, 3.8) is 0 Å². The summed E-state index contributed by atoms with van der Waals surface area (Å²) in [7, 11) is 0. The minimum atomic E-state index is 0.109. The molecule has 1 fully saturated rings. The first kappa shape index (κ1) is 11.9. The smallest absolute Gasteiger partial charge is 0.0336 e. The molecule has 0 radical (unpaired) electrons. The van der Waals surface area contributed by atoms with Crippen LogP contribution in [0.2, 0.25) is 0 Å². The van der Waals surface area contributed by atoms with Crippen LogP contribution >= 0.6 is 0 Å². The Morgan fingerprint density at radius 1 is 1.43 bits per heavy atom. The van der Waals surface area contributed by atoms with Gasteiger partial charge in [0, 0.05) is 11.6 Å². The van der Waals surface area contributed by atoms with Crippen LogP contribution in [-0.2, 0) is 0 Å². The molecule has 0 aliphatic heterocycles. The molecule has 4 heteroatoms. The monoisotopic (exact) mass is 200 g/mol. The molecule has 1 saturated carbocycles. The summed E-state index contributed by atoms with van der Waals surface area (Å²) in [6.07, 6.45) is 5.69. The molecule has 3 atom stereocenters. The standard InChI is InChI=1S/C10H24N4/c1-3-5-10(14-12)6-4-8(2)9(7-10)13-11/h8-9,13-14H,3-7,11-12H2,1-2H3. The van der Waals surface area contributed by atoms with E-state index in [2.05, 4.69) is 24.7 Å². The lowest BCUT2D eigenvalue weighted by molar-refractivity contribution is 0.142. The van der Waals surface area contributed by atoms with E-state index in [9.17, 15) is 0 Å². The summed E-state index contributed by atoms with van der Waals surface area (Å²) in [5, 5.41) is 0. The van der Waals surface area contributed by atoms with Gasteiger partial charge in [0.05, 0.1) is 0 Å². The summed E-state index contributed by atoms with van der Waals surface area (Å²) < 4.78 is 0. The molecule has 0 saturated heterocycles. The van der Waals surface area contributed by atoms with Crippen LogP contribution in [0, 0.1) is 5.92 Å². The van der Waals surface area contributed by atoms with Crippen molar-refractivity contribution in [1.29, 1.82) is 0 Å². The second-order valence-electron chi connectivity index (χ2n) is 4.67. The molecule has 0 aromatic heterocycles.